The van der Waals surface area contributed by atoms with Crippen LogP contribution in [0, 0.1) is 0 Å². The lowest BCUT2D eigenvalue weighted by molar-refractivity contribution is 0.539. The van der Waals surface area contributed by atoms with Crippen molar-refractivity contribution >= 4 is 34.8 Å². The van der Waals surface area contributed by atoms with Gasteiger partial charge >= 0.3 is 0 Å². The van der Waals surface area contributed by atoms with E-state index in [4.69, 9.17) is 16.3 Å². The number of aliphatic imine (C=N–C) groups is 2. The molecule has 0 saturated carbocycles. The summed E-state index contributed by atoms with van der Waals surface area (Å²) in [6.45, 7) is 3.56. The maximum absolute atomic E-state index is 6.00. The quantitative estimate of drug-likeness (QED) is 0.643. The highest BCUT2D eigenvalue weighted by Gasteiger charge is 2.11. The molecule has 0 atom stereocenters. The van der Waals surface area contributed by atoms with E-state index in [2.05, 4.69) is 9.98 Å². The van der Waals surface area contributed by atoms with Gasteiger partial charge in [-0.05, 0) is 12.1 Å². The van der Waals surface area contributed by atoms with Crippen LogP contribution in [-0.2, 0) is 4.74 Å². The predicted octanol–water partition coefficient (Wildman–Crippen LogP) is 3.47. The summed E-state index contributed by atoms with van der Waals surface area (Å²) in [7, 11) is 0. The molecule has 0 radical (unpaired) electrons. The number of ether oxygens (including phenoxy) is 1. The van der Waals surface area contributed by atoms with Gasteiger partial charge in [0.05, 0.1) is 10.7 Å². The Morgan fingerprint density at radius 2 is 1.86 bits per heavy atom. The minimum Gasteiger partial charge on any atom is -0.429 e. The van der Waals surface area contributed by atoms with E-state index in [1.165, 1.54) is 0 Å². The van der Waals surface area contributed by atoms with Crippen LogP contribution in [0.25, 0.3) is 0 Å². The summed E-state index contributed by atoms with van der Waals surface area (Å²) in [5, 5.41) is 0.587. The molecule has 1 aliphatic heterocycles. The fourth-order valence-electron chi connectivity index (χ4n) is 1.29. The monoisotopic (exact) mass is 208 g/mol. The molecular weight excluding hydrogens is 200 g/mol. The van der Waals surface area contributed by atoms with Crippen LogP contribution >= 0.6 is 11.6 Å². The first-order valence-corrected chi connectivity index (χ1v) is 4.61. The van der Waals surface area contributed by atoms with Crippen LogP contribution in [0.1, 0.15) is 13.8 Å². The van der Waals surface area contributed by atoms with Crippen molar-refractivity contribution in [1.29, 1.82) is 0 Å². The molecule has 0 saturated heterocycles. The zero-order valence-corrected chi connectivity index (χ0v) is 8.67. The highest BCUT2D eigenvalue weighted by atomic mass is 35.5. The first-order chi connectivity index (χ1) is 6.66. The summed E-state index contributed by atoms with van der Waals surface area (Å²) in [4.78, 5) is 8.48. The molecule has 0 unspecified atom stereocenters. The van der Waals surface area contributed by atoms with E-state index in [-0.39, 0.29) is 0 Å². The minimum atomic E-state index is 0.554. The molecule has 3 nitrogen and oxygen atoms in total. The molecule has 0 bridgehead atoms. The molecule has 4 heteroatoms. The van der Waals surface area contributed by atoms with Gasteiger partial charge in [-0.1, -0.05) is 17.7 Å². The van der Waals surface area contributed by atoms with E-state index in [0.717, 1.165) is 5.69 Å². The van der Waals surface area contributed by atoms with Crippen LogP contribution < -0.4 is 0 Å². The number of hydrogen-bond acceptors (Lipinski definition) is 3. The second-order valence-corrected chi connectivity index (χ2v) is 3.38. The van der Waals surface area contributed by atoms with Crippen molar-refractivity contribution in [2.24, 2.45) is 9.98 Å². The standard InChI is InChI=1S/C10H9ClN2O/c1-6-12-9-5-3-4-8(11)10(9)13-7(2)14-6/h3-5H,1-2H3. The largest absolute Gasteiger partial charge is 0.429 e. The van der Waals surface area contributed by atoms with Crippen molar-refractivity contribution < 1.29 is 4.74 Å². The second kappa shape index (κ2) is 3.42. The maximum Gasteiger partial charge on any atom is 0.193 e. The number of hydrogen-bond donors (Lipinski definition) is 0. The lowest BCUT2D eigenvalue weighted by Crippen LogP contribution is -2.03. The Kier molecular flexibility index (Phi) is 2.25. The Labute approximate surface area is 87.1 Å². The maximum atomic E-state index is 6.00. The summed E-state index contributed by atoms with van der Waals surface area (Å²) < 4.78 is 5.29. The van der Waals surface area contributed by atoms with Gasteiger partial charge in [0, 0.05) is 13.8 Å². The van der Waals surface area contributed by atoms with E-state index >= 15 is 0 Å². The van der Waals surface area contributed by atoms with Gasteiger partial charge in [0.25, 0.3) is 0 Å². The Bertz CT molecular complexity index is 438. The third-order valence-corrected chi connectivity index (χ3v) is 2.11. The topological polar surface area (TPSA) is 34.0 Å². The van der Waals surface area contributed by atoms with Crippen molar-refractivity contribution in [2.45, 2.75) is 13.8 Å². The van der Waals surface area contributed by atoms with Gasteiger partial charge in [-0.15, -0.1) is 0 Å². The van der Waals surface area contributed by atoms with E-state index in [1.807, 2.05) is 12.1 Å². The lowest BCUT2D eigenvalue weighted by atomic mass is 10.3. The molecule has 0 fully saturated rings. The third-order valence-electron chi connectivity index (χ3n) is 1.81. The Morgan fingerprint density at radius 3 is 2.64 bits per heavy atom. The Balaban J connectivity index is 2.67. The van der Waals surface area contributed by atoms with Crippen molar-refractivity contribution in [3.63, 3.8) is 0 Å². The summed E-state index contributed by atoms with van der Waals surface area (Å²) in [6.07, 6.45) is 0. The second-order valence-electron chi connectivity index (χ2n) is 2.97. The molecular formula is C10H9ClN2O. The Hall–Kier alpha value is -1.35. The summed E-state index contributed by atoms with van der Waals surface area (Å²) >= 11 is 6.00. The van der Waals surface area contributed by atoms with Crippen LogP contribution in [0.4, 0.5) is 11.4 Å². The normalized spacial score (nSPS) is 14.8. The molecule has 72 valence electrons. The molecule has 14 heavy (non-hydrogen) atoms. The highest BCUT2D eigenvalue weighted by Crippen LogP contribution is 2.36. The average molecular weight is 209 g/mol. The number of fused-ring (bicyclic) bond motifs is 1. The molecule has 0 aromatic heterocycles. The molecule has 2 rings (SSSR count). The number of halogens is 1. The van der Waals surface area contributed by atoms with Crippen molar-refractivity contribution in [3.8, 4) is 0 Å². The van der Waals surface area contributed by atoms with Crippen LogP contribution in [-0.4, -0.2) is 11.8 Å². The molecule has 1 aliphatic rings. The first-order valence-electron chi connectivity index (χ1n) is 4.24. The van der Waals surface area contributed by atoms with Crippen LogP contribution in [0.5, 0.6) is 0 Å². The molecule has 1 aromatic rings. The fourth-order valence-corrected chi connectivity index (χ4v) is 1.50. The number of nitrogens with zero attached hydrogens (tertiary/aromatic N) is 2. The van der Waals surface area contributed by atoms with Crippen LogP contribution in [0.2, 0.25) is 5.02 Å². The number of para-hydroxylation sites is 1. The van der Waals surface area contributed by atoms with E-state index < -0.39 is 0 Å². The summed E-state index contributed by atoms with van der Waals surface area (Å²) in [5.41, 5.74) is 1.41. The molecule has 0 N–H and O–H groups in total. The van der Waals surface area contributed by atoms with Gasteiger partial charge in [-0.25, -0.2) is 9.98 Å². The zero-order chi connectivity index (χ0) is 10.1. The smallest absolute Gasteiger partial charge is 0.193 e. The fraction of sp³-hybridized carbons (Fsp3) is 0.200. The number of rotatable bonds is 0. The predicted molar refractivity (Wildman–Crippen MR) is 58.1 cm³/mol. The highest BCUT2D eigenvalue weighted by molar-refractivity contribution is 6.33. The average Bonchev–Trinajstić information content (AvgIpc) is 2.23. The SMILES string of the molecule is CC1=Nc2cccc(Cl)c2N=C(C)O1. The van der Waals surface area contributed by atoms with Crippen LogP contribution in [0.3, 0.4) is 0 Å². The van der Waals surface area contributed by atoms with Gasteiger partial charge in [-0.3, -0.25) is 0 Å². The van der Waals surface area contributed by atoms with Gasteiger partial charge in [0.15, 0.2) is 11.8 Å². The van der Waals surface area contributed by atoms with E-state index in [9.17, 15) is 0 Å². The van der Waals surface area contributed by atoms with Gasteiger partial charge < -0.3 is 4.74 Å². The van der Waals surface area contributed by atoms with Crippen molar-refractivity contribution in [1.82, 2.24) is 0 Å². The van der Waals surface area contributed by atoms with Crippen molar-refractivity contribution in [3.05, 3.63) is 23.2 Å². The van der Waals surface area contributed by atoms with Gasteiger partial charge in [-0.2, -0.15) is 0 Å². The van der Waals surface area contributed by atoms with Crippen LogP contribution in [0.15, 0.2) is 28.2 Å². The number of benzene rings is 1. The van der Waals surface area contributed by atoms with E-state index in [1.54, 1.807) is 19.9 Å². The van der Waals surface area contributed by atoms with E-state index in [0.29, 0.717) is 22.5 Å². The molecule has 0 amide bonds. The minimum absolute atomic E-state index is 0.554. The molecule has 1 aromatic carbocycles. The summed E-state index contributed by atoms with van der Waals surface area (Å²) in [5.74, 6) is 1.13. The lowest BCUT2D eigenvalue weighted by Gasteiger charge is -1.99. The van der Waals surface area contributed by atoms with Gasteiger partial charge in [0.1, 0.15) is 5.69 Å². The molecule has 0 spiro atoms. The van der Waals surface area contributed by atoms with Crippen molar-refractivity contribution in [2.75, 3.05) is 0 Å². The molecule has 0 aliphatic carbocycles. The molecule has 1 heterocycles. The summed E-state index contributed by atoms with van der Waals surface area (Å²) in [6, 6.07) is 5.48. The van der Waals surface area contributed by atoms with Gasteiger partial charge in [0.2, 0.25) is 0 Å². The third kappa shape index (κ3) is 1.63. The zero-order valence-electron chi connectivity index (χ0n) is 7.91. The first kappa shape index (κ1) is 9.21. The Morgan fingerprint density at radius 1 is 1.14 bits per heavy atom.